The van der Waals surface area contributed by atoms with Crippen LogP contribution in [0.4, 0.5) is 10.1 Å². The molecule has 0 bridgehead atoms. The maximum atomic E-state index is 12.9. The molecule has 110 valence electrons. The van der Waals surface area contributed by atoms with Crippen molar-refractivity contribution >= 4 is 5.69 Å². The van der Waals surface area contributed by atoms with Gasteiger partial charge in [-0.05, 0) is 49.9 Å². The molecule has 1 aliphatic heterocycles. The van der Waals surface area contributed by atoms with E-state index in [4.69, 9.17) is 4.74 Å². The number of hydrogen-bond acceptors (Lipinski definition) is 3. The fraction of sp³-hybridized carbons (Fsp3) is 0.625. The highest BCUT2D eigenvalue weighted by atomic mass is 19.1. The SMILES string of the molecule is CN(CC1CCC(CNC2CC2)O1)c1ccc(F)cc1. The number of nitrogens with zero attached hydrogens (tertiary/aromatic N) is 1. The van der Waals surface area contributed by atoms with Gasteiger partial charge in [-0.3, -0.25) is 0 Å². The minimum atomic E-state index is -0.189. The zero-order valence-electron chi connectivity index (χ0n) is 12.0. The van der Waals surface area contributed by atoms with Gasteiger partial charge in [-0.15, -0.1) is 0 Å². The first-order chi connectivity index (χ1) is 9.70. The summed E-state index contributed by atoms with van der Waals surface area (Å²) in [6, 6.07) is 7.39. The topological polar surface area (TPSA) is 24.5 Å². The number of halogens is 1. The lowest BCUT2D eigenvalue weighted by molar-refractivity contribution is 0.0498. The van der Waals surface area contributed by atoms with Crippen molar-refractivity contribution in [3.05, 3.63) is 30.1 Å². The van der Waals surface area contributed by atoms with Gasteiger partial charge in [0.25, 0.3) is 0 Å². The number of likely N-dealkylation sites (N-methyl/N-ethyl adjacent to an activating group) is 1. The second-order valence-electron chi connectivity index (χ2n) is 6.00. The Labute approximate surface area is 120 Å². The van der Waals surface area contributed by atoms with E-state index in [0.717, 1.165) is 37.7 Å². The molecule has 1 aromatic rings. The van der Waals surface area contributed by atoms with E-state index in [9.17, 15) is 4.39 Å². The van der Waals surface area contributed by atoms with Crippen LogP contribution in [0.2, 0.25) is 0 Å². The summed E-state index contributed by atoms with van der Waals surface area (Å²) in [5.41, 5.74) is 1.04. The fourth-order valence-electron chi connectivity index (χ4n) is 2.76. The van der Waals surface area contributed by atoms with Crippen molar-refractivity contribution in [2.45, 2.75) is 43.9 Å². The molecule has 3 rings (SSSR count). The summed E-state index contributed by atoms with van der Waals surface area (Å²) >= 11 is 0. The van der Waals surface area contributed by atoms with Crippen LogP contribution in [0, 0.1) is 5.82 Å². The normalized spacial score (nSPS) is 25.9. The smallest absolute Gasteiger partial charge is 0.123 e. The third-order valence-electron chi connectivity index (χ3n) is 4.15. The zero-order valence-corrected chi connectivity index (χ0v) is 12.0. The highest BCUT2D eigenvalue weighted by molar-refractivity contribution is 5.45. The maximum Gasteiger partial charge on any atom is 0.123 e. The van der Waals surface area contributed by atoms with Crippen molar-refractivity contribution < 1.29 is 9.13 Å². The average molecular weight is 278 g/mol. The van der Waals surface area contributed by atoms with E-state index < -0.39 is 0 Å². The van der Waals surface area contributed by atoms with Gasteiger partial charge in [-0.1, -0.05) is 0 Å². The van der Waals surface area contributed by atoms with Gasteiger partial charge < -0.3 is 15.0 Å². The molecule has 3 nitrogen and oxygen atoms in total. The predicted octanol–water partition coefficient (Wildman–Crippen LogP) is 2.56. The van der Waals surface area contributed by atoms with Gasteiger partial charge in [0, 0.05) is 31.9 Å². The Balaban J connectivity index is 1.44. The quantitative estimate of drug-likeness (QED) is 0.865. The Hall–Kier alpha value is -1.13. The highest BCUT2D eigenvalue weighted by Crippen LogP contribution is 2.24. The second kappa shape index (κ2) is 6.10. The standard InChI is InChI=1S/C16H23FN2O/c1-19(14-6-2-12(17)3-7-14)11-16-9-8-15(20-16)10-18-13-4-5-13/h2-3,6-7,13,15-16,18H,4-5,8-11H2,1H3. The summed E-state index contributed by atoms with van der Waals surface area (Å²) < 4.78 is 19.0. The van der Waals surface area contributed by atoms with Crippen LogP contribution < -0.4 is 10.2 Å². The van der Waals surface area contributed by atoms with Crippen molar-refractivity contribution in [3.8, 4) is 0 Å². The molecule has 0 amide bonds. The van der Waals surface area contributed by atoms with Crippen molar-refractivity contribution in [2.24, 2.45) is 0 Å². The van der Waals surface area contributed by atoms with Crippen LogP contribution in [0.1, 0.15) is 25.7 Å². The molecule has 1 N–H and O–H groups in total. The molecule has 1 saturated carbocycles. The molecule has 4 heteroatoms. The predicted molar refractivity (Wildman–Crippen MR) is 78.6 cm³/mol. The van der Waals surface area contributed by atoms with Crippen molar-refractivity contribution in [2.75, 3.05) is 25.0 Å². The first-order valence-corrected chi connectivity index (χ1v) is 7.56. The van der Waals surface area contributed by atoms with E-state index in [1.165, 1.54) is 25.0 Å². The van der Waals surface area contributed by atoms with Gasteiger partial charge in [0.1, 0.15) is 5.82 Å². The van der Waals surface area contributed by atoms with Gasteiger partial charge in [0.2, 0.25) is 0 Å². The van der Waals surface area contributed by atoms with Crippen LogP contribution >= 0.6 is 0 Å². The van der Waals surface area contributed by atoms with Crippen LogP contribution in [-0.4, -0.2) is 38.4 Å². The summed E-state index contributed by atoms with van der Waals surface area (Å²) in [6.07, 6.45) is 5.55. The molecule has 1 aromatic carbocycles. The Morgan fingerprint density at radius 2 is 1.85 bits per heavy atom. The monoisotopic (exact) mass is 278 g/mol. The molecule has 20 heavy (non-hydrogen) atoms. The summed E-state index contributed by atoms with van der Waals surface area (Å²) in [7, 11) is 2.03. The largest absolute Gasteiger partial charge is 0.372 e. The molecular weight excluding hydrogens is 255 g/mol. The van der Waals surface area contributed by atoms with Crippen molar-refractivity contribution in [3.63, 3.8) is 0 Å². The fourth-order valence-corrected chi connectivity index (χ4v) is 2.76. The van der Waals surface area contributed by atoms with E-state index in [2.05, 4.69) is 10.2 Å². The lowest BCUT2D eigenvalue weighted by Crippen LogP contribution is -2.32. The Morgan fingerprint density at radius 1 is 1.15 bits per heavy atom. The molecule has 1 saturated heterocycles. The molecular formula is C16H23FN2O. The van der Waals surface area contributed by atoms with Crippen LogP contribution in [-0.2, 0) is 4.74 Å². The van der Waals surface area contributed by atoms with Crippen LogP contribution in [0.25, 0.3) is 0 Å². The molecule has 2 fully saturated rings. The van der Waals surface area contributed by atoms with E-state index >= 15 is 0 Å². The zero-order chi connectivity index (χ0) is 13.9. The van der Waals surface area contributed by atoms with Gasteiger partial charge in [0.15, 0.2) is 0 Å². The molecule has 1 aliphatic carbocycles. The van der Waals surface area contributed by atoms with E-state index in [1.54, 1.807) is 0 Å². The summed E-state index contributed by atoms with van der Waals surface area (Å²) in [4.78, 5) is 2.14. The third kappa shape index (κ3) is 3.70. The third-order valence-corrected chi connectivity index (χ3v) is 4.15. The molecule has 0 aromatic heterocycles. The molecule has 0 radical (unpaired) electrons. The van der Waals surface area contributed by atoms with E-state index in [0.29, 0.717) is 6.10 Å². The lowest BCUT2D eigenvalue weighted by Gasteiger charge is -2.23. The van der Waals surface area contributed by atoms with Gasteiger partial charge in [-0.2, -0.15) is 0 Å². The van der Waals surface area contributed by atoms with Crippen LogP contribution in [0.15, 0.2) is 24.3 Å². The Morgan fingerprint density at radius 3 is 2.55 bits per heavy atom. The van der Waals surface area contributed by atoms with Crippen molar-refractivity contribution in [1.82, 2.24) is 5.32 Å². The highest BCUT2D eigenvalue weighted by Gasteiger charge is 2.28. The molecule has 2 atom stereocenters. The summed E-state index contributed by atoms with van der Waals surface area (Å²) in [6.45, 7) is 1.85. The number of hydrogen-bond donors (Lipinski definition) is 1. The molecule has 2 unspecified atom stereocenters. The van der Waals surface area contributed by atoms with Crippen LogP contribution in [0.3, 0.4) is 0 Å². The summed E-state index contributed by atoms with van der Waals surface area (Å²) in [5.74, 6) is -0.189. The minimum Gasteiger partial charge on any atom is -0.372 e. The average Bonchev–Trinajstić information content (AvgIpc) is 3.17. The number of anilines is 1. The molecule has 0 spiro atoms. The van der Waals surface area contributed by atoms with Gasteiger partial charge in [0.05, 0.1) is 12.2 Å². The number of nitrogens with one attached hydrogen (secondary N) is 1. The maximum absolute atomic E-state index is 12.9. The molecule has 1 heterocycles. The Kier molecular flexibility index (Phi) is 4.22. The van der Waals surface area contributed by atoms with E-state index in [1.807, 2.05) is 19.2 Å². The van der Waals surface area contributed by atoms with Crippen LogP contribution in [0.5, 0.6) is 0 Å². The van der Waals surface area contributed by atoms with Crippen molar-refractivity contribution in [1.29, 1.82) is 0 Å². The Bertz CT molecular complexity index is 433. The summed E-state index contributed by atoms with van der Waals surface area (Å²) in [5, 5.41) is 3.53. The number of benzene rings is 1. The minimum absolute atomic E-state index is 0.189. The van der Waals surface area contributed by atoms with Gasteiger partial charge >= 0.3 is 0 Å². The molecule has 2 aliphatic rings. The van der Waals surface area contributed by atoms with E-state index in [-0.39, 0.29) is 11.9 Å². The number of ether oxygens (including phenoxy) is 1. The first-order valence-electron chi connectivity index (χ1n) is 7.56. The number of rotatable bonds is 6. The second-order valence-corrected chi connectivity index (χ2v) is 6.00. The lowest BCUT2D eigenvalue weighted by atomic mass is 10.2. The first kappa shape index (κ1) is 13.8. The van der Waals surface area contributed by atoms with Gasteiger partial charge in [-0.25, -0.2) is 4.39 Å².